The minimum Gasteiger partial charge on any atom is -0.311 e. The quantitative estimate of drug-likeness (QED) is 0.516. The Labute approximate surface area is 140 Å². The van der Waals surface area contributed by atoms with Gasteiger partial charge in [0.25, 0.3) is 5.91 Å². The van der Waals surface area contributed by atoms with Crippen molar-refractivity contribution in [1.29, 1.82) is 0 Å². The molecule has 0 aromatic heterocycles. The highest BCUT2D eigenvalue weighted by Gasteiger charge is 2.34. The molecule has 2 aromatic carbocycles. The number of anilines is 1. The van der Waals surface area contributed by atoms with Gasteiger partial charge in [-0.05, 0) is 29.7 Å². The Morgan fingerprint density at radius 2 is 1.83 bits per heavy atom. The highest BCUT2D eigenvalue weighted by Crippen LogP contribution is 2.34. The highest BCUT2D eigenvalue weighted by atomic mass is 16.5. The summed E-state index contributed by atoms with van der Waals surface area (Å²) in [5, 5.41) is 8.58. The highest BCUT2D eigenvalue weighted by molar-refractivity contribution is 6.02. The lowest BCUT2D eigenvalue weighted by molar-refractivity contribution is -0.124. The van der Waals surface area contributed by atoms with Crippen molar-refractivity contribution in [1.82, 2.24) is 5.48 Å². The fourth-order valence-corrected chi connectivity index (χ4v) is 2.99. The topological polar surface area (TPSA) is 69.6 Å². The molecule has 2 N–H and O–H groups in total. The molecule has 1 heterocycles. The number of hydroxylamine groups is 1. The number of carbonyl (C=O) groups is 2. The van der Waals surface area contributed by atoms with E-state index in [1.807, 2.05) is 54.6 Å². The van der Waals surface area contributed by atoms with Crippen molar-refractivity contribution >= 4 is 23.6 Å². The molecule has 2 aromatic rings. The minimum atomic E-state index is -0.611. The Balaban J connectivity index is 1.87. The van der Waals surface area contributed by atoms with E-state index in [1.165, 1.54) is 6.08 Å². The van der Waals surface area contributed by atoms with E-state index in [2.05, 4.69) is 0 Å². The van der Waals surface area contributed by atoms with Crippen LogP contribution in [0.5, 0.6) is 0 Å². The summed E-state index contributed by atoms with van der Waals surface area (Å²) in [6.45, 7) is 0.634. The van der Waals surface area contributed by atoms with Gasteiger partial charge in [-0.1, -0.05) is 48.5 Å². The van der Waals surface area contributed by atoms with Crippen molar-refractivity contribution in [2.24, 2.45) is 0 Å². The first kappa shape index (κ1) is 16.0. The third-order valence-electron chi connectivity index (χ3n) is 4.16. The zero-order valence-electron chi connectivity index (χ0n) is 13.1. The summed E-state index contributed by atoms with van der Waals surface area (Å²) in [6.07, 6.45) is 3.58. The summed E-state index contributed by atoms with van der Waals surface area (Å²) < 4.78 is 0. The second-order valence-electron chi connectivity index (χ2n) is 5.61. The van der Waals surface area contributed by atoms with E-state index in [9.17, 15) is 9.59 Å². The second-order valence-corrected chi connectivity index (χ2v) is 5.61. The number of amides is 2. The Morgan fingerprint density at radius 3 is 2.58 bits per heavy atom. The summed E-state index contributed by atoms with van der Waals surface area (Å²) in [6, 6.07) is 17.2. The molecule has 5 nitrogen and oxygen atoms in total. The first-order valence-electron chi connectivity index (χ1n) is 7.78. The van der Waals surface area contributed by atoms with Gasteiger partial charge in [-0.3, -0.25) is 14.8 Å². The summed E-state index contributed by atoms with van der Waals surface area (Å²) in [5.41, 5.74) is 4.10. The van der Waals surface area contributed by atoms with Crippen molar-refractivity contribution in [3.63, 3.8) is 0 Å². The number of hydrogen-bond acceptors (Lipinski definition) is 3. The number of benzene rings is 2. The van der Waals surface area contributed by atoms with Crippen LogP contribution in [-0.2, 0) is 9.59 Å². The van der Waals surface area contributed by atoms with Gasteiger partial charge in [0, 0.05) is 12.6 Å². The van der Waals surface area contributed by atoms with E-state index in [0.717, 1.165) is 23.2 Å². The van der Waals surface area contributed by atoms with Crippen LogP contribution in [0.15, 0.2) is 60.7 Å². The number of rotatable bonds is 4. The molecule has 2 amide bonds. The van der Waals surface area contributed by atoms with Gasteiger partial charge in [0.1, 0.15) is 0 Å². The SMILES string of the molecule is O=C(/C=C/c1ccccc1N1CC[C@@H](c2ccccc2)C1=O)NO. The molecular formula is C19H18N2O3. The first-order chi connectivity index (χ1) is 11.7. The zero-order chi connectivity index (χ0) is 16.9. The van der Waals surface area contributed by atoms with Crippen LogP contribution >= 0.6 is 0 Å². The maximum atomic E-state index is 12.8. The van der Waals surface area contributed by atoms with Crippen LogP contribution in [0.4, 0.5) is 5.69 Å². The van der Waals surface area contributed by atoms with Gasteiger partial charge in [0.05, 0.1) is 11.6 Å². The Morgan fingerprint density at radius 1 is 1.12 bits per heavy atom. The fraction of sp³-hybridized carbons (Fsp3) is 0.158. The van der Waals surface area contributed by atoms with E-state index in [4.69, 9.17) is 5.21 Å². The molecule has 0 spiro atoms. The van der Waals surface area contributed by atoms with E-state index in [1.54, 1.807) is 16.5 Å². The molecule has 5 heteroatoms. The van der Waals surface area contributed by atoms with E-state index in [0.29, 0.717) is 6.54 Å². The Kier molecular flexibility index (Phi) is 4.72. The van der Waals surface area contributed by atoms with Crippen LogP contribution in [0.3, 0.4) is 0 Å². The van der Waals surface area contributed by atoms with Gasteiger partial charge in [0.15, 0.2) is 0 Å². The van der Waals surface area contributed by atoms with Crippen LogP contribution in [-0.4, -0.2) is 23.6 Å². The van der Waals surface area contributed by atoms with E-state index < -0.39 is 5.91 Å². The molecular weight excluding hydrogens is 304 g/mol. The first-order valence-corrected chi connectivity index (χ1v) is 7.78. The van der Waals surface area contributed by atoms with Crippen LogP contribution in [0.2, 0.25) is 0 Å². The number of para-hydroxylation sites is 1. The van der Waals surface area contributed by atoms with Crippen molar-refractivity contribution in [3.8, 4) is 0 Å². The lowest BCUT2D eigenvalue weighted by Gasteiger charge is -2.19. The summed E-state index contributed by atoms with van der Waals surface area (Å²) in [4.78, 5) is 25.8. The summed E-state index contributed by atoms with van der Waals surface area (Å²) in [5.74, 6) is -0.683. The predicted octanol–water partition coefficient (Wildman–Crippen LogP) is 2.73. The van der Waals surface area contributed by atoms with Gasteiger partial charge in [0.2, 0.25) is 5.91 Å². The smallest absolute Gasteiger partial charge is 0.267 e. The maximum absolute atomic E-state index is 12.8. The molecule has 24 heavy (non-hydrogen) atoms. The molecule has 1 aliphatic heterocycles. The van der Waals surface area contributed by atoms with Crippen molar-refractivity contribution in [2.75, 3.05) is 11.4 Å². The molecule has 1 aliphatic rings. The fourth-order valence-electron chi connectivity index (χ4n) is 2.99. The minimum absolute atomic E-state index is 0.0636. The molecule has 1 fully saturated rings. The van der Waals surface area contributed by atoms with Gasteiger partial charge in [-0.25, -0.2) is 5.48 Å². The van der Waals surface area contributed by atoms with E-state index in [-0.39, 0.29) is 11.8 Å². The third-order valence-corrected chi connectivity index (χ3v) is 4.16. The van der Waals surface area contributed by atoms with Gasteiger partial charge in [-0.2, -0.15) is 0 Å². The molecule has 1 saturated heterocycles. The monoisotopic (exact) mass is 322 g/mol. The lowest BCUT2D eigenvalue weighted by Crippen LogP contribution is -2.27. The van der Waals surface area contributed by atoms with Crippen LogP contribution < -0.4 is 10.4 Å². The largest absolute Gasteiger partial charge is 0.311 e. The number of nitrogens with one attached hydrogen (secondary N) is 1. The molecule has 122 valence electrons. The number of nitrogens with zero attached hydrogens (tertiary/aromatic N) is 1. The zero-order valence-corrected chi connectivity index (χ0v) is 13.1. The molecule has 0 aliphatic carbocycles. The van der Waals surface area contributed by atoms with Crippen LogP contribution in [0.25, 0.3) is 6.08 Å². The molecule has 3 rings (SSSR count). The molecule has 0 bridgehead atoms. The average Bonchev–Trinajstić information content (AvgIpc) is 3.02. The molecule has 0 saturated carbocycles. The van der Waals surface area contributed by atoms with Gasteiger partial charge in [-0.15, -0.1) is 0 Å². The van der Waals surface area contributed by atoms with E-state index >= 15 is 0 Å². The van der Waals surface area contributed by atoms with Crippen molar-refractivity contribution < 1.29 is 14.8 Å². The van der Waals surface area contributed by atoms with Crippen molar-refractivity contribution in [2.45, 2.75) is 12.3 Å². The van der Waals surface area contributed by atoms with Crippen molar-refractivity contribution in [3.05, 3.63) is 71.8 Å². The Bertz CT molecular complexity index is 771. The molecule has 1 atom stereocenters. The van der Waals surface area contributed by atoms with Crippen LogP contribution in [0, 0.1) is 0 Å². The average molecular weight is 322 g/mol. The van der Waals surface area contributed by atoms with Gasteiger partial charge >= 0.3 is 0 Å². The molecule has 0 radical (unpaired) electrons. The second kappa shape index (κ2) is 7.10. The maximum Gasteiger partial charge on any atom is 0.267 e. The summed E-state index contributed by atoms with van der Waals surface area (Å²) >= 11 is 0. The van der Waals surface area contributed by atoms with Gasteiger partial charge < -0.3 is 4.90 Å². The predicted molar refractivity (Wildman–Crippen MR) is 91.6 cm³/mol. The molecule has 0 unspecified atom stereocenters. The summed E-state index contributed by atoms with van der Waals surface area (Å²) in [7, 11) is 0. The van der Waals surface area contributed by atoms with Crippen LogP contribution in [0.1, 0.15) is 23.5 Å². The third kappa shape index (κ3) is 3.21. The Hall–Kier alpha value is -2.92. The standard InChI is InChI=1S/C19H18N2O3/c22-18(20-24)11-10-15-8-4-5-9-17(15)21-13-12-16(19(21)23)14-6-2-1-3-7-14/h1-11,16,24H,12-13H2,(H,20,22)/b11-10+/t16-/m0/s1. The number of hydrogen-bond donors (Lipinski definition) is 2. The number of carbonyl (C=O) groups excluding carboxylic acids is 2. The normalized spacial score (nSPS) is 17.5. The lowest BCUT2D eigenvalue weighted by atomic mass is 9.98.